The second kappa shape index (κ2) is 12.1. The van der Waals surface area contributed by atoms with Gasteiger partial charge >= 0.3 is 0 Å². The number of nitrogens with zero attached hydrogens (tertiary/aromatic N) is 1. The predicted octanol–water partition coefficient (Wildman–Crippen LogP) is 6.62. The number of ether oxygens (including phenoxy) is 1. The largest absolute Gasteiger partial charge is 0.374 e. The summed E-state index contributed by atoms with van der Waals surface area (Å²) >= 11 is 2.24. The van der Waals surface area contributed by atoms with E-state index in [2.05, 4.69) is 23.9 Å². The number of allylic oxidation sites excluding steroid dienone is 2. The molecule has 1 amide bonds. The highest BCUT2D eigenvalue weighted by molar-refractivity contribution is 7.99. The lowest BCUT2D eigenvalue weighted by atomic mass is 9.75. The smallest absolute Gasteiger partial charge is 0.251 e. The third-order valence-corrected chi connectivity index (χ3v) is 9.28. The van der Waals surface area contributed by atoms with Crippen molar-refractivity contribution in [2.24, 2.45) is 17.3 Å². The molecule has 2 saturated heterocycles. The Bertz CT molecular complexity index is 585. The highest BCUT2D eigenvalue weighted by atomic mass is 32.2. The second-order valence-electron chi connectivity index (χ2n) is 10.7. The molecule has 31 heavy (non-hydrogen) atoms. The average Bonchev–Trinajstić information content (AvgIpc) is 3.35. The Morgan fingerprint density at radius 2 is 1.77 bits per heavy atom. The van der Waals surface area contributed by atoms with Crippen molar-refractivity contribution in [3.05, 3.63) is 12.2 Å². The molecule has 0 radical (unpaired) electrons. The maximum absolute atomic E-state index is 12.0. The van der Waals surface area contributed by atoms with Gasteiger partial charge in [0.15, 0.2) is 0 Å². The Balaban J connectivity index is 1.35. The molecule has 1 aliphatic carbocycles. The lowest BCUT2D eigenvalue weighted by Gasteiger charge is -2.27. The van der Waals surface area contributed by atoms with Crippen LogP contribution in [0.5, 0.6) is 0 Å². The zero-order chi connectivity index (χ0) is 22.3. The van der Waals surface area contributed by atoms with Gasteiger partial charge in [-0.3, -0.25) is 10.0 Å². The van der Waals surface area contributed by atoms with Crippen LogP contribution in [0, 0.1) is 17.3 Å². The van der Waals surface area contributed by atoms with Gasteiger partial charge in [0.2, 0.25) is 0 Å². The zero-order valence-corrected chi connectivity index (χ0v) is 20.9. The maximum Gasteiger partial charge on any atom is 0.251 e. The molecule has 3 rings (SSSR count). The number of hydrogen-bond donors (Lipinski definition) is 1. The lowest BCUT2D eigenvalue weighted by Crippen LogP contribution is -2.36. The number of rotatable bonds is 12. The van der Waals surface area contributed by atoms with E-state index >= 15 is 0 Å². The summed E-state index contributed by atoms with van der Waals surface area (Å²) in [5.74, 6) is 2.54. The Morgan fingerprint density at radius 1 is 1.06 bits per heavy atom. The SMILES string of the molecule is CN(O)C(=O)C(C)(C)CC/C=C\C[C@@H]1[C@H](CCCCSC2CCCCC2)[C@@H]2CC[C@H]1O2. The van der Waals surface area contributed by atoms with Gasteiger partial charge in [-0.15, -0.1) is 0 Å². The third-order valence-electron chi connectivity index (χ3n) is 7.81. The van der Waals surface area contributed by atoms with Crippen LogP contribution in [-0.2, 0) is 9.53 Å². The van der Waals surface area contributed by atoms with E-state index in [-0.39, 0.29) is 5.91 Å². The second-order valence-corrected chi connectivity index (χ2v) is 12.1. The lowest BCUT2D eigenvalue weighted by molar-refractivity contribution is -0.169. The molecule has 4 nitrogen and oxygen atoms in total. The summed E-state index contributed by atoms with van der Waals surface area (Å²) in [5, 5.41) is 11.1. The van der Waals surface area contributed by atoms with Gasteiger partial charge < -0.3 is 4.74 Å². The summed E-state index contributed by atoms with van der Waals surface area (Å²) in [6.07, 6.45) is 22.0. The highest BCUT2D eigenvalue weighted by Gasteiger charge is 2.47. The molecule has 0 spiro atoms. The number of unbranched alkanes of at least 4 members (excludes halogenated alkanes) is 1. The van der Waals surface area contributed by atoms with Crippen molar-refractivity contribution in [2.75, 3.05) is 12.8 Å². The van der Waals surface area contributed by atoms with Crippen molar-refractivity contribution in [1.29, 1.82) is 0 Å². The minimum Gasteiger partial charge on any atom is -0.374 e. The summed E-state index contributed by atoms with van der Waals surface area (Å²) in [6, 6.07) is 0. The minimum atomic E-state index is -0.526. The normalized spacial score (nSPS) is 29.2. The van der Waals surface area contributed by atoms with Crippen LogP contribution in [0.2, 0.25) is 0 Å². The van der Waals surface area contributed by atoms with Gasteiger partial charge in [0, 0.05) is 17.7 Å². The van der Waals surface area contributed by atoms with Gasteiger partial charge in [0.25, 0.3) is 5.91 Å². The summed E-state index contributed by atoms with van der Waals surface area (Å²) in [4.78, 5) is 12.0. The zero-order valence-electron chi connectivity index (χ0n) is 20.1. The van der Waals surface area contributed by atoms with Gasteiger partial charge in [-0.1, -0.05) is 51.7 Å². The first-order chi connectivity index (χ1) is 14.9. The van der Waals surface area contributed by atoms with Crippen molar-refractivity contribution in [2.45, 2.75) is 115 Å². The molecule has 1 saturated carbocycles. The van der Waals surface area contributed by atoms with E-state index in [0.29, 0.717) is 23.2 Å². The number of fused-ring (bicyclic) bond motifs is 2. The van der Waals surface area contributed by atoms with E-state index in [1.807, 2.05) is 13.8 Å². The van der Waals surface area contributed by atoms with Gasteiger partial charge in [0.1, 0.15) is 0 Å². The number of amides is 1. The summed E-state index contributed by atoms with van der Waals surface area (Å²) in [5.41, 5.74) is -0.526. The fourth-order valence-electron chi connectivity index (χ4n) is 5.92. The number of thioether (sulfide) groups is 1. The molecule has 1 N–H and O–H groups in total. The monoisotopic (exact) mass is 451 g/mol. The van der Waals surface area contributed by atoms with Gasteiger partial charge in [-0.2, -0.15) is 11.8 Å². The van der Waals surface area contributed by atoms with Crippen LogP contribution in [0.1, 0.15) is 97.3 Å². The van der Waals surface area contributed by atoms with Gasteiger partial charge in [-0.25, -0.2) is 5.06 Å². The molecule has 2 aliphatic heterocycles. The Kier molecular flexibility index (Phi) is 9.79. The molecule has 2 heterocycles. The molecule has 2 bridgehead atoms. The number of carbonyl (C=O) groups excluding carboxylic acids is 1. The Hall–Kier alpha value is -0.520. The maximum atomic E-state index is 12.0. The molecular weight excluding hydrogens is 406 g/mol. The van der Waals surface area contributed by atoms with Crippen molar-refractivity contribution in [1.82, 2.24) is 5.06 Å². The van der Waals surface area contributed by atoms with E-state index in [0.717, 1.165) is 30.4 Å². The topological polar surface area (TPSA) is 49.8 Å². The van der Waals surface area contributed by atoms with Crippen LogP contribution >= 0.6 is 11.8 Å². The molecule has 3 aliphatic rings. The van der Waals surface area contributed by atoms with E-state index in [1.54, 1.807) is 0 Å². The van der Waals surface area contributed by atoms with Crippen LogP contribution < -0.4 is 0 Å². The molecule has 0 aromatic carbocycles. The van der Waals surface area contributed by atoms with Crippen LogP contribution in [0.25, 0.3) is 0 Å². The van der Waals surface area contributed by atoms with Gasteiger partial charge in [0.05, 0.1) is 12.2 Å². The fraction of sp³-hybridized carbons (Fsp3) is 0.885. The van der Waals surface area contributed by atoms with Crippen LogP contribution in [0.4, 0.5) is 0 Å². The van der Waals surface area contributed by atoms with Crippen molar-refractivity contribution in [3.63, 3.8) is 0 Å². The van der Waals surface area contributed by atoms with E-state index in [4.69, 9.17) is 4.74 Å². The van der Waals surface area contributed by atoms with Crippen LogP contribution in [-0.4, -0.2) is 46.4 Å². The van der Waals surface area contributed by atoms with E-state index in [1.165, 1.54) is 77.0 Å². The Labute approximate surface area is 194 Å². The molecule has 3 fully saturated rings. The first kappa shape index (κ1) is 25.1. The number of hydroxylamine groups is 2. The molecule has 178 valence electrons. The van der Waals surface area contributed by atoms with Gasteiger partial charge in [-0.05, 0) is 75.4 Å². The van der Waals surface area contributed by atoms with E-state index < -0.39 is 5.41 Å². The van der Waals surface area contributed by atoms with Crippen molar-refractivity contribution >= 4 is 17.7 Å². The predicted molar refractivity (Wildman–Crippen MR) is 129 cm³/mol. The average molecular weight is 452 g/mol. The third kappa shape index (κ3) is 7.23. The van der Waals surface area contributed by atoms with Crippen molar-refractivity contribution in [3.8, 4) is 0 Å². The standard InChI is InChI=1S/C26H45NO3S/c1-26(2,25(28)27(3)29)18-10-5-8-14-21-22(24-17-16-23(21)30-24)15-9-11-19-31-20-12-6-4-7-13-20/h5,8,20-24,29H,4,6-7,9-19H2,1-3H3/b8-5-/t21-,22+,23-,24+/m1/s1. The minimum absolute atomic E-state index is 0.218. The quantitative estimate of drug-likeness (QED) is 0.157. The fourth-order valence-corrected chi connectivity index (χ4v) is 7.29. The van der Waals surface area contributed by atoms with Crippen molar-refractivity contribution < 1.29 is 14.7 Å². The van der Waals surface area contributed by atoms with E-state index in [9.17, 15) is 10.0 Å². The molecule has 0 unspecified atom stereocenters. The molecule has 5 heteroatoms. The first-order valence-corrected chi connectivity index (χ1v) is 13.8. The summed E-state index contributed by atoms with van der Waals surface area (Å²) in [7, 11) is 1.41. The summed E-state index contributed by atoms with van der Waals surface area (Å²) in [6.45, 7) is 3.81. The molecule has 4 atom stereocenters. The summed E-state index contributed by atoms with van der Waals surface area (Å²) < 4.78 is 6.30. The first-order valence-electron chi connectivity index (χ1n) is 12.8. The van der Waals surface area contributed by atoms with Crippen LogP contribution in [0.3, 0.4) is 0 Å². The molecule has 0 aromatic heterocycles. The Morgan fingerprint density at radius 3 is 2.48 bits per heavy atom. The number of carbonyl (C=O) groups is 1. The number of hydrogen-bond acceptors (Lipinski definition) is 4. The molecular formula is C26H45NO3S. The van der Waals surface area contributed by atoms with Crippen LogP contribution in [0.15, 0.2) is 12.2 Å². The highest BCUT2D eigenvalue weighted by Crippen LogP contribution is 2.47. The molecule has 0 aromatic rings.